The van der Waals surface area contributed by atoms with E-state index in [1.165, 1.54) is 23.1 Å². The third-order valence-corrected chi connectivity index (χ3v) is 5.47. The van der Waals surface area contributed by atoms with Gasteiger partial charge in [0.05, 0.1) is 9.72 Å². The Balaban J connectivity index is 2.04. The number of aromatic hydroxyl groups is 1. The Morgan fingerprint density at radius 3 is 3.00 bits per heavy atom. The molecule has 2 N–H and O–H groups in total. The Bertz CT molecular complexity index is 802. The second-order valence-corrected chi connectivity index (χ2v) is 6.92. The molecule has 9 heteroatoms. The Morgan fingerprint density at radius 2 is 2.29 bits per heavy atom. The van der Waals surface area contributed by atoms with E-state index in [0.29, 0.717) is 20.5 Å². The van der Waals surface area contributed by atoms with Crippen LogP contribution in [0.2, 0.25) is 5.02 Å². The fraction of sp³-hybridized carbons (Fsp3) is 0.0833. The SMILES string of the molecule is C=C1SC(c2nc3c(O)c(Cl)ccc3s2)=NC1C(=O)NS. The van der Waals surface area contributed by atoms with Crippen molar-refractivity contribution in [1.29, 1.82) is 0 Å². The van der Waals surface area contributed by atoms with E-state index in [1.54, 1.807) is 12.1 Å². The first-order valence-electron chi connectivity index (χ1n) is 5.68. The fourth-order valence-corrected chi connectivity index (χ4v) is 4.00. The summed E-state index contributed by atoms with van der Waals surface area (Å²) < 4.78 is 3.05. The summed E-state index contributed by atoms with van der Waals surface area (Å²) in [4.78, 5) is 20.9. The van der Waals surface area contributed by atoms with Crippen molar-refractivity contribution in [3.8, 4) is 5.75 Å². The van der Waals surface area contributed by atoms with Crippen molar-refractivity contribution < 1.29 is 9.90 Å². The highest BCUT2D eigenvalue weighted by Crippen LogP contribution is 2.39. The Labute approximate surface area is 138 Å². The van der Waals surface area contributed by atoms with Gasteiger partial charge in [-0.2, -0.15) is 0 Å². The van der Waals surface area contributed by atoms with Crippen LogP contribution in [0.4, 0.5) is 0 Å². The highest BCUT2D eigenvalue weighted by molar-refractivity contribution is 8.18. The molecule has 0 radical (unpaired) electrons. The molecular formula is C12H8ClN3O2S3. The Morgan fingerprint density at radius 1 is 1.52 bits per heavy atom. The van der Waals surface area contributed by atoms with E-state index in [-0.39, 0.29) is 16.7 Å². The van der Waals surface area contributed by atoms with Crippen molar-refractivity contribution in [2.24, 2.45) is 4.99 Å². The standard InChI is InChI=1S/C12H8ClN3O2S3/c1-4-7(10(18)16-19)14-11(20-4)12-15-8-6(21-12)3-2-5(13)9(8)17/h2-3,7,17,19H,1H2,(H,16,18). The maximum absolute atomic E-state index is 11.6. The van der Waals surface area contributed by atoms with Crippen LogP contribution in [-0.4, -0.2) is 27.1 Å². The lowest BCUT2D eigenvalue weighted by Crippen LogP contribution is -2.26. The van der Waals surface area contributed by atoms with Gasteiger partial charge >= 0.3 is 0 Å². The molecule has 1 aromatic carbocycles. The number of thioether (sulfide) groups is 1. The van der Waals surface area contributed by atoms with Crippen molar-refractivity contribution in [2.75, 3.05) is 0 Å². The summed E-state index contributed by atoms with van der Waals surface area (Å²) in [6.07, 6.45) is 0. The van der Waals surface area contributed by atoms with Gasteiger partial charge in [-0.25, -0.2) is 4.98 Å². The number of thiazole rings is 1. The molecule has 108 valence electrons. The molecule has 3 rings (SSSR count). The minimum Gasteiger partial charge on any atom is -0.504 e. The Kier molecular flexibility index (Phi) is 3.87. The van der Waals surface area contributed by atoms with Crippen LogP contribution in [0.5, 0.6) is 5.75 Å². The molecule has 21 heavy (non-hydrogen) atoms. The van der Waals surface area contributed by atoms with Crippen molar-refractivity contribution in [1.82, 2.24) is 9.71 Å². The summed E-state index contributed by atoms with van der Waals surface area (Å²) in [6.45, 7) is 3.83. The summed E-state index contributed by atoms with van der Waals surface area (Å²) in [6, 6.07) is 2.72. The normalized spacial score (nSPS) is 18.1. The fourth-order valence-electron chi connectivity index (χ4n) is 1.81. The second-order valence-electron chi connectivity index (χ2n) is 4.14. The summed E-state index contributed by atoms with van der Waals surface area (Å²) in [7, 11) is 0. The first-order valence-corrected chi connectivity index (χ1v) is 8.14. The summed E-state index contributed by atoms with van der Waals surface area (Å²) in [5.41, 5.74) is 0.429. The number of fused-ring (bicyclic) bond motifs is 1. The highest BCUT2D eigenvalue weighted by atomic mass is 35.5. The minimum atomic E-state index is -0.674. The molecule has 0 spiro atoms. The molecule has 2 aromatic rings. The van der Waals surface area contributed by atoms with Crippen molar-refractivity contribution in [2.45, 2.75) is 6.04 Å². The summed E-state index contributed by atoms with van der Waals surface area (Å²) in [5.74, 6) is -0.387. The third-order valence-electron chi connectivity index (χ3n) is 2.81. The molecule has 1 atom stereocenters. The number of rotatable bonds is 2. The maximum Gasteiger partial charge on any atom is 0.259 e. The van der Waals surface area contributed by atoms with Gasteiger partial charge in [-0.3, -0.25) is 9.79 Å². The summed E-state index contributed by atoms with van der Waals surface area (Å²) in [5, 5.41) is 11.4. The number of carbonyl (C=O) groups excluding carboxylic acids is 1. The van der Waals surface area contributed by atoms with Gasteiger partial charge in [0, 0.05) is 4.91 Å². The number of halogens is 1. The number of nitrogens with zero attached hydrogens (tertiary/aromatic N) is 2. The maximum atomic E-state index is 11.6. The molecular weight excluding hydrogens is 350 g/mol. The highest BCUT2D eigenvalue weighted by Gasteiger charge is 2.30. The average Bonchev–Trinajstić information content (AvgIpc) is 3.06. The number of phenolic OH excluding ortho intramolecular Hbond substituents is 1. The number of aromatic nitrogens is 1. The van der Waals surface area contributed by atoms with Crippen LogP contribution in [0.3, 0.4) is 0 Å². The van der Waals surface area contributed by atoms with E-state index in [2.05, 4.69) is 34.1 Å². The molecule has 2 heterocycles. The molecule has 1 amide bonds. The Hall–Kier alpha value is -1.22. The monoisotopic (exact) mass is 357 g/mol. The zero-order chi connectivity index (χ0) is 15.1. The molecule has 0 bridgehead atoms. The van der Waals surface area contributed by atoms with Crippen LogP contribution in [0, 0.1) is 0 Å². The quantitative estimate of drug-likeness (QED) is 0.722. The molecule has 1 unspecified atom stereocenters. The molecule has 5 nitrogen and oxygen atoms in total. The van der Waals surface area contributed by atoms with Gasteiger partial charge in [-0.15, -0.1) is 11.3 Å². The van der Waals surface area contributed by atoms with Crippen LogP contribution >= 0.6 is 47.5 Å². The number of nitrogens with one attached hydrogen (secondary N) is 1. The number of hydrogen-bond donors (Lipinski definition) is 3. The predicted molar refractivity (Wildman–Crippen MR) is 90.5 cm³/mol. The largest absolute Gasteiger partial charge is 0.504 e. The zero-order valence-corrected chi connectivity index (χ0v) is 13.6. The lowest BCUT2D eigenvalue weighted by atomic mass is 10.3. The van der Waals surface area contributed by atoms with Crippen LogP contribution in [0.15, 0.2) is 28.6 Å². The molecule has 0 saturated carbocycles. The lowest BCUT2D eigenvalue weighted by molar-refractivity contribution is -0.119. The van der Waals surface area contributed by atoms with Crippen molar-refractivity contribution in [3.63, 3.8) is 0 Å². The number of carbonyl (C=O) groups is 1. The van der Waals surface area contributed by atoms with Gasteiger partial charge in [0.2, 0.25) is 0 Å². The number of phenols is 1. The smallest absolute Gasteiger partial charge is 0.259 e. The van der Waals surface area contributed by atoms with Crippen molar-refractivity contribution in [3.05, 3.63) is 33.6 Å². The molecule has 1 aromatic heterocycles. The van der Waals surface area contributed by atoms with E-state index in [4.69, 9.17) is 11.6 Å². The van der Waals surface area contributed by atoms with Gasteiger partial charge in [0.25, 0.3) is 5.91 Å². The molecule has 0 aliphatic carbocycles. The molecule has 1 aliphatic heterocycles. The van der Waals surface area contributed by atoms with Gasteiger partial charge in [-0.1, -0.05) is 42.8 Å². The van der Waals surface area contributed by atoms with Crippen molar-refractivity contribution >= 4 is 68.7 Å². The first kappa shape index (κ1) is 14.7. The molecule has 1 aliphatic rings. The lowest BCUT2D eigenvalue weighted by Gasteiger charge is -2.03. The zero-order valence-electron chi connectivity index (χ0n) is 10.3. The average molecular weight is 358 g/mol. The first-order chi connectivity index (χ1) is 10.0. The van der Waals surface area contributed by atoms with E-state index in [0.717, 1.165) is 4.70 Å². The van der Waals surface area contributed by atoms with Crippen LogP contribution in [0.1, 0.15) is 5.01 Å². The van der Waals surface area contributed by atoms with Gasteiger partial charge in [0.15, 0.2) is 11.8 Å². The third kappa shape index (κ3) is 2.52. The van der Waals surface area contributed by atoms with Gasteiger partial charge < -0.3 is 9.83 Å². The predicted octanol–water partition coefficient (Wildman–Crippen LogP) is 2.99. The van der Waals surface area contributed by atoms with Crippen LogP contribution in [-0.2, 0) is 4.79 Å². The number of hydrogen-bond acceptors (Lipinski definition) is 7. The van der Waals surface area contributed by atoms with Gasteiger partial charge in [-0.05, 0) is 12.1 Å². The van der Waals surface area contributed by atoms with E-state index in [1.807, 2.05) is 0 Å². The van der Waals surface area contributed by atoms with E-state index in [9.17, 15) is 9.90 Å². The number of benzene rings is 1. The van der Waals surface area contributed by atoms with Gasteiger partial charge in [0.1, 0.15) is 15.6 Å². The number of thiol groups is 1. The van der Waals surface area contributed by atoms with Crippen LogP contribution < -0.4 is 4.72 Å². The summed E-state index contributed by atoms with van der Waals surface area (Å²) >= 11 is 12.3. The second kappa shape index (κ2) is 5.53. The minimum absolute atomic E-state index is 0.0521. The molecule has 0 saturated heterocycles. The van der Waals surface area contributed by atoms with E-state index < -0.39 is 6.04 Å². The molecule has 0 fully saturated rings. The van der Waals surface area contributed by atoms with Crippen LogP contribution in [0.25, 0.3) is 10.2 Å². The number of aliphatic imine (C=N–C) groups is 1. The number of amides is 1. The van der Waals surface area contributed by atoms with E-state index >= 15 is 0 Å². The topological polar surface area (TPSA) is 74.6 Å².